The Bertz CT molecular complexity index is 869. The monoisotopic (exact) mass is 382 g/mol. The van der Waals surface area contributed by atoms with Crippen molar-refractivity contribution in [3.05, 3.63) is 64.7 Å². The van der Waals surface area contributed by atoms with Gasteiger partial charge in [-0.1, -0.05) is 49.6 Å². The van der Waals surface area contributed by atoms with Gasteiger partial charge in [0.1, 0.15) is 0 Å². The number of hydrogen-bond donors (Lipinski definition) is 4. The van der Waals surface area contributed by atoms with Crippen molar-refractivity contribution in [3.8, 4) is 0 Å². The zero-order valence-electron chi connectivity index (χ0n) is 16.6. The van der Waals surface area contributed by atoms with E-state index in [2.05, 4.69) is 32.4 Å². The van der Waals surface area contributed by atoms with Crippen LogP contribution in [0.15, 0.2) is 53.5 Å². The second-order valence-electron chi connectivity index (χ2n) is 7.98. The van der Waals surface area contributed by atoms with E-state index in [1.165, 1.54) is 37.7 Å². The maximum Gasteiger partial charge on any atom is 0.325 e. The van der Waals surface area contributed by atoms with Crippen LogP contribution in [0.25, 0.3) is 11.2 Å². The SMILES string of the molecule is CC(C)(O)C(NC1CCCCC1)c1ccccc1.O=c1[nH]c2cccnc2[nH]1. The van der Waals surface area contributed by atoms with Crippen LogP contribution >= 0.6 is 0 Å². The van der Waals surface area contributed by atoms with E-state index in [0.29, 0.717) is 11.7 Å². The second kappa shape index (κ2) is 9.17. The van der Waals surface area contributed by atoms with Crippen LogP contribution in [0.3, 0.4) is 0 Å². The van der Waals surface area contributed by atoms with Crippen LogP contribution in [0.2, 0.25) is 0 Å². The predicted molar refractivity (Wildman–Crippen MR) is 112 cm³/mol. The molecule has 1 atom stereocenters. The Morgan fingerprint density at radius 3 is 2.43 bits per heavy atom. The highest BCUT2D eigenvalue weighted by molar-refractivity contribution is 5.68. The first kappa shape index (κ1) is 20.3. The van der Waals surface area contributed by atoms with Crippen molar-refractivity contribution in [3.63, 3.8) is 0 Å². The number of aromatic nitrogens is 3. The normalized spacial score (nSPS) is 16.4. The number of hydrogen-bond acceptors (Lipinski definition) is 4. The summed E-state index contributed by atoms with van der Waals surface area (Å²) in [6.07, 6.45) is 8.08. The largest absolute Gasteiger partial charge is 0.388 e. The maximum absolute atomic E-state index is 10.6. The molecule has 28 heavy (non-hydrogen) atoms. The Kier molecular flexibility index (Phi) is 6.65. The standard InChI is InChI=1S/C16H25NO.C6H5N3O/c1-16(2,18)15(13-9-5-3-6-10-13)17-14-11-7-4-8-12-14;10-6-8-4-2-1-3-7-5(4)9-6/h3,5-6,9-10,14-15,17-18H,4,7-8,11-12H2,1-2H3;1-3H,(H2,7,8,9,10). The molecule has 3 aromatic rings. The lowest BCUT2D eigenvalue weighted by molar-refractivity contribution is 0.0301. The lowest BCUT2D eigenvalue weighted by atomic mass is 9.88. The average molecular weight is 383 g/mol. The first-order valence-electron chi connectivity index (χ1n) is 10.00. The third kappa shape index (κ3) is 5.53. The molecule has 0 amide bonds. The lowest BCUT2D eigenvalue weighted by Crippen LogP contribution is -2.44. The van der Waals surface area contributed by atoms with E-state index in [9.17, 15) is 9.90 Å². The van der Waals surface area contributed by atoms with Crippen LogP contribution in [0, 0.1) is 0 Å². The fourth-order valence-corrected chi connectivity index (χ4v) is 3.73. The Hall–Kier alpha value is -2.44. The summed E-state index contributed by atoms with van der Waals surface area (Å²) in [5, 5.41) is 14.1. The van der Waals surface area contributed by atoms with E-state index in [1.54, 1.807) is 18.3 Å². The minimum absolute atomic E-state index is 0.0156. The quantitative estimate of drug-likeness (QED) is 0.554. The van der Waals surface area contributed by atoms with Crippen molar-refractivity contribution in [2.75, 3.05) is 0 Å². The number of nitrogens with one attached hydrogen (secondary N) is 3. The van der Waals surface area contributed by atoms with Gasteiger partial charge in [0.2, 0.25) is 0 Å². The topological polar surface area (TPSA) is 93.8 Å². The summed E-state index contributed by atoms with van der Waals surface area (Å²) in [5.74, 6) is 0. The molecule has 4 N–H and O–H groups in total. The summed E-state index contributed by atoms with van der Waals surface area (Å²) in [7, 11) is 0. The minimum Gasteiger partial charge on any atom is -0.388 e. The molecule has 6 nitrogen and oxygen atoms in total. The van der Waals surface area contributed by atoms with Crippen LogP contribution in [0.5, 0.6) is 0 Å². The van der Waals surface area contributed by atoms with Gasteiger partial charge in [0.15, 0.2) is 5.65 Å². The van der Waals surface area contributed by atoms with Crippen LogP contribution in [0.1, 0.15) is 57.6 Å². The van der Waals surface area contributed by atoms with Gasteiger partial charge in [-0.15, -0.1) is 0 Å². The van der Waals surface area contributed by atoms with Gasteiger partial charge < -0.3 is 15.4 Å². The van der Waals surface area contributed by atoms with E-state index in [0.717, 1.165) is 5.52 Å². The molecule has 0 spiro atoms. The van der Waals surface area contributed by atoms with Crippen molar-refractivity contribution in [1.29, 1.82) is 0 Å². The molecular formula is C22H30N4O2. The van der Waals surface area contributed by atoms with E-state index in [1.807, 2.05) is 32.0 Å². The Morgan fingerprint density at radius 2 is 1.79 bits per heavy atom. The first-order chi connectivity index (χ1) is 13.4. The molecule has 1 aliphatic rings. The fourth-order valence-electron chi connectivity index (χ4n) is 3.73. The fraction of sp³-hybridized carbons (Fsp3) is 0.455. The van der Waals surface area contributed by atoms with Crippen LogP contribution in [-0.4, -0.2) is 31.7 Å². The third-order valence-electron chi connectivity index (χ3n) is 5.13. The van der Waals surface area contributed by atoms with E-state index < -0.39 is 5.60 Å². The number of fused-ring (bicyclic) bond motifs is 1. The number of imidazole rings is 1. The van der Waals surface area contributed by atoms with E-state index >= 15 is 0 Å². The molecule has 0 aliphatic heterocycles. The number of rotatable bonds is 4. The molecule has 4 rings (SSSR count). The number of aliphatic hydroxyl groups is 1. The van der Waals surface area contributed by atoms with Gasteiger partial charge in [0, 0.05) is 12.2 Å². The number of nitrogens with zero attached hydrogens (tertiary/aromatic N) is 1. The van der Waals surface area contributed by atoms with E-state index in [4.69, 9.17) is 0 Å². The Balaban J connectivity index is 0.000000188. The molecule has 0 radical (unpaired) electrons. The molecule has 0 saturated heterocycles. The molecule has 1 saturated carbocycles. The molecule has 2 heterocycles. The average Bonchev–Trinajstić information content (AvgIpc) is 3.07. The zero-order chi connectivity index (χ0) is 20.0. The number of aromatic amines is 2. The molecule has 2 aromatic heterocycles. The summed E-state index contributed by atoms with van der Waals surface area (Å²) >= 11 is 0. The summed E-state index contributed by atoms with van der Waals surface area (Å²) < 4.78 is 0. The van der Waals surface area contributed by atoms with Gasteiger partial charge in [0.05, 0.1) is 17.2 Å². The Labute approximate surface area is 165 Å². The van der Waals surface area contributed by atoms with Crippen molar-refractivity contribution in [2.45, 2.75) is 63.6 Å². The van der Waals surface area contributed by atoms with Crippen molar-refractivity contribution in [1.82, 2.24) is 20.3 Å². The van der Waals surface area contributed by atoms with Gasteiger partial charge in [-0.05, 0) is 44.4 Å². The summed E-state index contributed by atoms with van der Waals surface area (Å²) in [6.45, 7) is 3.78. The van der Waals surface area contributed by atoms with Crippen LogP contribution in [0.4, 0.5) is 0 Å². The molecule has 6 heteroatoms. The summed E-state index contributed by atoms with van der Waals surface area (Å²) in [6, 6.07) is 14.4. The molecule has 1 unspecified atom stereocenters. The summed E-state index contributed by atoms with van der Waals surface area (Å²) in [4.78, 5) is 19.7. The maximum atomic E-state index is 10.6. The van der Waals surface area contributed by atoms with Gasteiger partial charge in [0.25, 0.3) is 0 Å². The molecule has 0 bridgehead atoms. The first-order valence-corrected chi connectivity index (χ1v) is 10.00. The molecular weight excluding hydrogens is 352 g/mol. The van der Waals surface area contributed by atoms with Gasteiger partial charge in [-0.2, -0.15) is 0 Å². The lowest BCUT2D eigenvalue weighted by Gasteiger charge is -2.35. The molecule has 1 aromatic carbocycles. The smallest absolute Gasteiger partial charge is 0.325 e. The van der Waals surface area contributed by atoms with Crippen LogP contribution in [-0.2, 0) is 0 Å². The number of benzene rings is 1. The van der Waals surface area contributed by atoms with Crippen molar-refractivity contribution in [2.24, 2.45) is 0 Å². The highest BCUT2D eigenvalue weighted by Crippen LogP contribution is 2.28. The Morgan fingerprint density at radius 1 is 1.07 bits per heavy atom. The highest BCUT2D eigenvalue weighted by Gasteiger charge is 2.30. The zero-order valence-corrected chi connectivity index (χ0v) is 16.6. The third-order valence-corrected chi connectivity index (χ3v) is 5.13. The van der Waals surface area contributed by atoms with Crippen molar-refractivity contribution >= 4 is 11.2 Å². The van der Waals surface area contributed by atoms with Gasteiger partial charge >= 0.3 is 5.69 Å². The number of pyridine rings is 1. The predicted octanol–water partition coefficient (Wildman–Crippen LogP) is 3.67. The molecule has 150 valence electrons. The second-order valence-corrected chi connectivity index (χ2v) is 7.98. The van der Waals surface area contributed by atoms with Crippen LogP contribution < -0.4 is 11.0 Å². The molecule has 1 fully saturated rings. The van der Waals surface area contributed by atoms with Gasteiger partial charge in [-0.3, -0.25) is 4.98 Å². The minimum atomic E-state index is -0.737. The number of H-pyrrole nitrogens is 2. The summed E-state index contributed by atoms with van der Waals surface area (Å²) in [5.41, 5.74) is 1.57. The van der Waals surface area contributed by atoms with E-state index in [-0.39, 0.29) is 11.7 Å². The van der Waals surface area contributed by atoms with Gasteiger partial charge in [-0.25, -0.2) is 9.78 Å². The molecule has 1 aliphatic carbocycles. The highest BCUT2D eigenvalue weighted by atomic mass is 16.3. The van der Waals surface area contributed by atoms with Crippen molar-refractivity contribution < 1.29 is 5.11 Å².